The van der Waals surface area contributed by atoms with Gasteiger partial charge in [-0.3, -0.25) is 9.59 Å². The largest absolute Gasteiger partial charge is 0.368 e. The monoisotopic (exact) mass is 513 g/mol. The van der Waals surface area contributed by atoms with E-state index >= 15 is 0 Å². The van der Waals surface area contributed by atoms with Gasteiger partial charge in [-0.2, -0.15) is 0 Å². The van der Waals surface area contributed by atoms with Gasteiger partial charge in [0.25, 0.3) is 5.91 Å². The number of carbonyl (C=O) groups is 2. The molecule has 0 spiro atoms. The van der Waals surface area contributed by atoms with Crippen LogP contribution in [0.2, 0.25) is 0 Å². The van der Waals surface area contributed by atoms with Crippen LogP contribution in [-0.4, -0.2) is 37.4 Å². The lowest BCUT2D eigenvalue weighted by atomic mass is 9.97. The first-order valence-corrected chi connectivity index (χ1v) is 9.94. The third kappa shape index (κ3) is 9.78. The fourth-order valence-corrected chi connectivity index (χ4v) is 3.02. The minimum atomic E-state index is -0.567. The maximum atomic E-state index is 11.9. The highest BCUT2D eigenvalue weighted by atomic mass is 127. The smallest absolute Gasteiger partial charge is 0.251 e. The summed E-state index contributed by atoms with van der Waals surface area (Å²) in [6.07, 6.45) is 8.47. The Morgan fingerprint density at radius 2 is 1.86 bits per heavy atom. The van der Waals surface area contributed by atoms with Crippen LogP contribution < -0.4 is 21.7 Å². The summed E-state index contributed by atoms with van der Waals surface area (Å²) in [6.45, 7) is 4.06. The summed E-state index contributed by atoms with van der Waals surface area (Å²) in [5.74, 6) is -0.0920. The van der Waals surface area contributed by atoms with E-state index in [1.54, 1.807) is 17.7 Å². The highest BCUT2D eigenvalue weighted by Gasteiger charge is 2.07. The van der Waals surface area contributed by atoms with E-state index < -0.39 is 5.91 Å². The number of carbonyl (C=O) groups excluding carboxylic acids is 2. The Labute approximate surface area is 190 Å². The molecule has 0 bridgehead atoms. The zero-order valence-corrected chi connectivity index (χ0v) is 19.3. The van der Waals surface area contributed by atoms with Crippen LogP contribution in [0.25, 0.3) is 0 Å². The Bertz CT molecular complexity index is 716. The van der Waals surface area contributed by atoms with Crippen molar-refractivity contribution < 1.29 is 9.59 Å². The van der Waals surface area contributed by atoms with Gasteiger partial charge in [0, 0.05) is 18.7 Å². The lowest BCUT2D eigenvalue weighted by Gasteiger charge is -2.15. The minimum absolute atomic E-state index is 0. The average molecular weight is 513 g/mol. The SMILES string of the molecule is CCNC(=NCc1ccc(C(=O)NCC(N)=O)cc1)NCCC1=CCCCC1.I. The third-order valence-corrected chi connectivity index (χ3v) is 4.53. The summed E-state index contributed by atoms with van der Waals surface area (Å²) in [5.41, 5.74) is 8.06. The van der Waals surface area contributed by atoms with Gasteiger partial charge in [0.1, 0.15) is 0 Å². The van der Waals surface area contributed by atoms with Crippen molar-refractivity contribution in [3.8, 4) is 0 Å². The number of rotatable bonds is 9. The molecule has 1 aromatic rings. The van der Waals surface area contributed by atoms with Gasteiger partial charge in [0.2, 0.25) is 5.91 Å². The van der Waals surface area contributed by atoms with E-state index in [4.69, 9.17) is 5.73 Å². The molecule has 8 heteroatoms. The summed E-state index contributed by atoms with van der Waals surface area (Å²) in [5, 5.41) is 9.11. The predicted molar refractivity (Wildman–Crippen MR) is 127 cm³/mol. The number of nitrogens with two attached hydrogens (primary N) is 1. The minimum Gasteiger partial charge on any atom is -0.368 e. The Kier molecular flexibility index (Phi) is 12.0. The molecule has 2 amide bonds. The lowest BCUT2D eigenvalue weighted by Crippen LogP contribution is -2.37. The topological polar surface area (TPSA) is 109 Å². The molecule has 0 saturated heterocycles. The molecule has 0 unspecified atom stereocenters. The summed E-state index contributed by atoms with van der Waals surface area (Å²) < 4.78 is 0. The number of hydrogen-bond acceptors (Lipinski definition) is 3. The van der Waals surface area contributed by atoms with Crippen LogP contribution in [0.15, 0.2) is 40.9 Å². The Hall–Kier alpha value is -2.10. The summed E-state index contributed by atoms with van der Waals surface area (Å²) in [7, 11) is 0. The standard InChI is InChI=1S/C21H31N5O2.HI/c1-2-23-21(24-13-12-16-6-4-3-5-7-16)26-14-17-8-10-18(11-9-17)20(28)25-15-19(22)27;/h6,8-11H,2-5,7,12-15H2,1H3,(H2,22,27)(H,25,28)(H2,23,24,26);1H. The van der Waals surface area contributed by atoms with Crippen molar-refractivity contribution in [1.29, 1.82) is 0 Å². The molecule has 29 heavy (non-hydrogen) atoms. The van der Waals surface area contributed by atoms with Crippen LogP contribution in [0.5, 0.6) is 0 Å². The van der Waals surface area contributed by atoms with Gasteiger partial charge in [-0.25, -0.2) is 4.99 Å². The van der Waals surface area contributed by atoms with Gasteiger partial charge in [-0.15, -0.1) is 24.0 Å². The number of aliphatic imine (C=N–C) groups is 1. The van der Waals surface area contributed by atoms with Gasteiger partial charge < -0.3 is 21.7 Å². The van der Waals surface area contributed by atoms with Crippen LogP contribution in [0, 0.1) is 0 Å². The lowest BCUT2D eigenvalue weighted by molar-refractivity contribution is -0.117. The van der Waals surface area contributed by atoms with Crippen molar-refractivity contribution in [2.24, 2.45) is 10.7 Å². The number of allylic oxidation sites excluding steroid dienone is 1. The average Bonchev–Trinajstić information content (AvgIpc) is 2.71. The van der Waals surface area contributed by atoms with Crippen molar-refractivity contribution in [2.75, 3.05) is 19.6 Å². The van der Waals surface area contributed by atoms with Crippen molar-refractivity contribution in [3.63, 3.8) is 0 Å². The van der Waals surface area contributed by atoms with Crippen LogP contribution in [-0.2, 0) is 11.3 Å². The first-order chi connectivity index (χ1) is 13.6. The molecule has 0 saturated carbocycles. The van der Waals surface area contributed by atoms with Gasteiger partial charge in [0.15, 0.2) is 5.96 Å². The number of nitrogens with zero attached hydrogens (tertiary/aromatic N) is 1. The van der Waals surface area contributed by atoms with Gasteiger partial charge in [0.05, 0.1) is 13.1 Å². The van der Waals surface area contributed by atoms with Crippen LogP contribution in [0.4, 0.5) is 0 Å². The molecular weight excluding hydrogens is 481 g/mol. The summed E-state index contributed by atoms with van der Waals surface area (Å²) in [4.78, 5) is 27.2. The number of hydrogen-bond donors (Lipinski definition) is 4. The molecule has 0 atom stereocenters. The van der Waals surface area contributed by atoms with Crippen LogP contribution in [0.3, 0.4) is 0 Å². The number of primary amides is 1. The molecule has 1 aromatic carbocycles. The number of halogens is 1. The van der Waals surface area contributed by atoms with Crippen molar-refractivity contribution in [2.45, 2.75) is 45.6 Å². The van der Waals surface area contributed by atoms with Crippen molar-refractivity contribution in [3.05, 3.63) is 47.0 Å². The number of amides is 2. The molecular formula is C21H32IN5O2. The third-order valence-electron chi connectivity index (χ3n) is 4.53. The molecule has 1 aliphatic carbocycles. The zero-order chi connectivity index (χ0) is 20.2. The second kappa shape index (κ2) is 14.0. The van der Waals surface area contributed by atoms with E-state index in [9.17, 15) is 9.59 Å². The van der Waals surface area contributed by atoms with Crippen LogP contribution in [0.1, 0.15) is 54.9 Å². The first kappa shape index (κ1) is 24.9. The Balaban J connectivity index is 0.00000420. The van der Waals surface area contributed by atoms with Gasteiger partial charge in [-0.05, 0) is 56.7 Å². The fourth-order valence-electron chi connectivity index (χ4n) is 3.02. The summed E-state index contributed by atoms with van der Waals surface area (Å²) in [6, 6.07) is 7.16. The maximum Gasteiger partial charge on any atom is 0.251 e. The van der Waals surface area contributed by atoms with Gasteiger partial charge in [-0.1, -0.05) is 23.8 Å². The maximum absolute atomic E-state index is 11.9. The molecule has 1 aliphatic rings. The fraction of sp³-hybridized carbons (Fsp3) is 0.476. The van der Waals surface area contributed by atoms with E-state index in [0.717, 1.165) is 31.0 Å². The Morgan fingerprint density at radius 3 is 2.48 bits per heavy atom. The first-order valence-electron chi connectivity index (χ1n) is 9.94. The molecule has 0 heterocycles. The van der Waals surface area contributed by atoms with E-state index in [2.05, 4.69) is 27.0 Å². The molecule has 0 aliphatic heterocycles. The predicted octanol–water partition coefficient (Wildman–Crippen LogP) is 2.47. The molecule has 2 rings (SSSR count). The second-order valence-corrected chi connectivity index (χ2v) is 6.83. The Morgan fingerprint density at radius 1 is 1.10 bits per heavy atom. The van der Waals surface area contributed by atoms with Gasteiger partial charge >= 0.3 is 0 Å². The van der Waals surface area contributed by atoms with E-state index in [-0.39, 0.29) is 36.4 Å². The molecule has 160 valence electrons. The summed E-state index contributed by atoms with van der Waals surface area (Å²) >= 11 is 0. The zero-order valence-electron chi connectivity index (χ0n) is 17.0. The number of guanidine groups is 1. The second-order valence-electron chi connectivity index (χ2n) is 6.83. The highest BCUT2D eigenvalue weighted by molar-refractivity contribution is 14.0. The number of benzene rings is 1. The normalized spacial score (nSPS) is 13.7. The van der Waals surface area contributed by atoms with E-state index in [1.807, 2.05) is 19.1 Å². The molecule has 0 radical (unpaired) electrons. The number of nitrogens with one attached hydrogen (secondary N) is 3. The van der Waals surface area contributed by atoms with E-state index in [1.165, 1.54) is 25.7 Å². The molecule has 7 nitrogen and oxygen atoms in total. The molecule has 5 N–H and O–H groups in total. The van der Waals surface area contributed by atoms with Crippen molar-refractivity contribution >= 4 is 41.8 Å². The molecule has 0 fully saturated rings. The van der Waals surface area contributed by atoms with Crippen molar-refractivity contribution in [1.82, 2.24) is 16.0 Å². The highest BCUT2D eigenvalue weighted by Crippen LogP contribution is 2.19. The molecule has 0 aromatic heterocycles. The van der Waals surface area contributed by atoms with E-state index in [0.29, 0.717) is 12.1 Å². The quantitative estimate of drug-likeness (QED) is 0.176. The van der Waals surface area contributed by atoms with Crippen LogP contribution >= 0.6 is 24.0 Å².